The summed E-state index contributed by atoms with van der Waals surface area (Å²) in [5.41, 5.74) is -0.691. The maximum atomic E-state index is 11.3. The van der Waals surface area contributed by atoms with Crippen molar-refractivity contribution >= 4 is 5.91 Å². The second-order valence-corrected chi connectivity index (χ2v) is 4.21. The van der Waals surface area contributed by atoms with E-state index < -0.39 is 5.60 Å². The van der Waals surface area contributed by atoms with Crippen LogP contribution in [0.1, 0.15) is 26.7 Å². The molecule has 0 atom stereocenters. The van der Waals surface area contributed by atoms with E-state index in [1.165, 1.54) is 0 Å². The molecule has 76 valence electrons. The number of hydrogen-bond donors (Lipinski definition) is 1. The van der Waals surface area contributed by atoms with Crippen LogP contribution in [0.4, 0.5) is 0 Å². The number of hydrazine groups is 1. The van der Waals surface area contributed by atoms with E-state index in [0.29, 0.717) is 19.4 Å². The van der Waals surface area contributed by atoms with Gasteiger partial charge in [-0.25, -0.2) is 5.01 Å². The van der Waals surface area contributed by atoms with Crippen LogP contribution in [-0.4, -0.2) is 46.8 Å². The van der Waals surface area contributed by atoms with E-state index in [2.05, 4.69) is 0 Å². The Morgan fingerprint density at radius 2 is 2.15 bits per heavy atom. The van der Waals surface area contributed by atoms with Crippen LogP contribution >= 0.6 is 0 Å². The van der Waals surface area contributed by atoms with Gasteiger partial charge >= 0.3 is 0 Å². The normalized spacial score (nSPS) is 20.0. The summed E-state index contributed by atoms with van der Waals surface area (Å²) in [6, 6.07) is 0. The summed E-state index contributed by atoms with van der Waals surface area (Å²) in [7, 11) is 1.90. The Morgan fingerprint density at radius 3 is 2.54 bits per heavy atom. The fourth-order valence-corrected chi connectivity index (χ4v) is 1.37. The van der Waals surface area contributed by atoms with Gasteiger partial charge in [0.25, 0.3) is 0 Å². The molecular formula is C9H18N2O2. The van der Waals surface area contributed by atoms with Crippen LogP contribution in [-0.2, 0) is 4.79 Å². The molecule has 1 aliphatic heterocycles. The lowest BCUT2D eigenvalue weighted by atomic mass is 10.1. The summed E-state index contributed by atoms with van der Waals surface area (Å²) in [4.78, 5) is 11.3. The molecule has 1 saturated heterocycles. The number of amides is 1. The van der Waals surface area contributed by atoms with E-state index in [9.17, 15) is 9.90 Å². The quantitative estimate of drug-likeness (QED) is 0.686. The second-order valence-electron chi connectivity index (χ2n) is 4.21. The average molecular weight is 186 g/mol. The number of carbonyl (C=O) groups is 1. The Morgan fingerprint density at radius 1 is 1.54 bits per heavy atom. The third-order valence-corrected chi connectivity index (χ3v) is 2.28. The molecule has 1 amide bonds. The Labute approximate surface area is 79.1 Å². The van der Waals surface area contributed by atoms with Gasteiger partial charge in [0.15, 0.2) is 0 Å². The maximum absolute atomic E-state index is 11.3. The molecule has 0 bridgehead atoms. The number of aliphatic hydroxyl groups is 1. The minimum absolute atomic E-state index is 0.159. The van der Waals surface area contributed by atoms with Crippen molar-refractivity contribution in [3.63, 3.8) is 0 Å². The molecule has 0 radical (unpaired) electrons. The van der Waals surface area contributed by atoms with E-state index in [1.54, 1.807) is 18.9 Å². The van der Waals surface area contributed by atoms with Crippen molar-refractivity contribution in [3.8, 4) is 0 Å². The molecule has 0 aromatic heterocycles. The fraction of sp³-hybridized carbons (Fsp3) is 0.889. The smallest absolute Gasteiger partial charge is 0.238 e. The minimum Gasteiger partial charge on any atom is -0.390 e. The van der Waals surface area contributed by atoms with Gasteiger partial charge in [-0.05, 0) is 20.3 Å². The predicted octanol–water partition coefficient (Wildman–Crippen LogP) is 0.226. The summed E-state index contributed by atoms with van der Waals surface area (Å²) in [6.45, 7) is 4.92. The van der Waals surface area contributed by atoms with Crippen molar-refractivity contribution in [1.29, 1.82) is 0 Å². The van der Waals surface area contributed by atoms with E-state index in [1.807, 2.05) is 12.1 Å². The van der Waals surface area contributed by atoms with E-state index in [4.69, 9.17) is 0 Å². The molecule has 1 fully saturated rings. The topological polar surface area (TPSA) is 43.8 Å². The highest BCUT2D eigenvalue weighted by atomic mass is 16.3. The van der Waals surface area contributed by atoms with Crippen LogP contribution < -0.4 is 0 Å². The molecule has 1 heterocycles. The Balaban J connectivity index is 2.40. The molecule has 0 unspecified atom stereocenters. The van der Waals surface area contributed by atoms with Crippen molar-refractivity contribution in [1.82, 2.24) is 10.0 Å². The number of nitrogens with zero attached hydrogens (tertiary/aromatic N) is 2. The lowest BCUT2D eigenvalue weighted by molar-refractivity contribution is -0.137. The molecule has 4 nitrogen and oxygen atoms in total. The predicted molar refractivity (Wildman–Crippen MR) is 49.9 cm³/mol. The molecular weight excluding hydrogens is 168 g/mol. The zero-order valence-corrected chi connectivity index (χ0v) is 8.58. The summed E-state index contributed by atoms with van der Waals surface area (Å²) in [6.07, 6.45) is 1.21. The van der Waals surface area contributed by atoms with Gasteiger partial charge in [0, 0.05) is 26.6 Å². The zero-order valence-electron chi connectivity index (χ0n) is 8.58. The molecule has 1 aliphatic rings. The van der Waals surface area contributed by atoms with Crippen LogP contribution in [0.5, 0.6) is 0 Å². The maximum Gasteiger partial charge on any atom is 0.238 e. The summed E-state index contributed by atoms with van der Waals surface area (Å²) in [5, 5.41) is 13.1. The molecule has 13 heavy (non-hydrogen) atoms. The molecule has 0 spiro atoms. The monoisotopic (exact) mass is 186 g/mol. The van der Waals surface area contributed by atoms with Crippen LogP contribution in [0.3, 0.4) is 0 Å². The number of carbonyl (C=O) groups excluding carboxylic acids is 1. The number of rotatable bonds is 3. The van der Waals surface area contributed by atoms with Crippen LogP contribution in [0.25, 0.3) is 0 Å². The molecule has 4 heteroatoms. The largest absolute Gasteiger partial charge is 0.390 e. The molecule has 1 N–H and O–H groups in total. The second kappa shape index (κ2) is 3.64. The zero-order chi connectivity index (χ0) is 10.1. The van der Waals surface area contributed by atoms with Crippen LogP contribution in [0.15, 0.2) is 0 Å². The van der Waals surface area contributed by atoms with E-state index in [-0.39, 0.29) is 5.91 Å². The highest BCUT2D eigenvalue weighted by Crippen LogP contribution is 2.14. The van der Waals surface area contributed by atoms with E-state index in [0.717, 1.165) is 6.54 Å². The molecule has 0 saturated carbocycles. The minimum atomic E-state index is -0.691. The van der Waals surface area contributed by atoms with Crippen molar-refractivity contribution in [2.24, 2.45) is 0 Å². The van der Waals surface area contributed by atoms with Gasteiger partial charge in [-0.2, -0.15) is 0 Å². The van der Waals surface area contributed by atoms with E-state index >= 15 is 0 Å². The van der Waals surface area contributed by atoms with Gasteiger partial charge in [-0.1, -0.05) is 0 Å². The fourth-order valence-electron chi connectivity index (χ4n) is 1.37. The molecule has 0 aromatic carbocycles. The van der Waals surface area contributed by atoms with Gasteiger partial charge in [0.1, 0.15) is 0 Å². The summed E-state index contributed by atoms with van der Waals surface area (Å²) in [5.74, 6) is 0.159. The van der Waals surface area contributed by atoms with Gasteiger partial charge < -0.3 is 5.11 Å². The Kier molecular flexibility index (Phi) is 2.93. The van der Waals surface area contributed by atoms with Gasteiger partial charge in [0.05, 0.1) is 5.60 Å². The lowest BCUT2D eigenvalue weighted by Gasteiger charge is -2.27. The average Bonchev–Trinajstić information content (AvgIpc) is 2.27. The van der Waals surface area contributed by atoms with Crippen molar-refractivity contribution in [3.05, 3.63) is 0 Å². The van der Waals surface area contributed by atoms with Crippen LogP contribution in [0, 0.1) is 0 Å². The van der Waals surface area contributed by atoms with Crippen molar-refractivity contribution in [2.45, 2.75) is 32.3 Å². The highest BCUT2D eigenvalue weighted by molar-refractivity contribution is 5.77. The summed E-state index contributed by atoms with van der Waals surface area (Å²) < 4.78 is 0. The van der Waals surface area contributed by atoms with Crippen molar-refractivity contribution < 1.29 is 9.90 Å². The first kappa shape index (κ1) is 10.5. The van der Waals surface area contributed by atoms with Crippen molar-refractivity contribution in [2.75, 3.05) is 20.1 Å². The standard InChI is InChI=1S/C9H18N2O2/c1-9(2,13)5-7-11-8(12)4-6-10(11)3/h13H,4-7H2,1-3H3. The summed E-state index contributed by atoms with van der Waals surface area (Å²) >= 11 is 0. The first-order chi connectivity index (χ1) is 5.90. The van der Waals surface area contributed by atoms with Crippen LogP contribution in [0.2, 0.25) is 0 Å². The lowest BCUT2D eigenvalue weighted by Crippen LogP contribution is -2.39. The molecule has 0 aromatic rings. The van der Waals surface area contributed by atoms with Gasteiger partial charge in [-0.15, -0.1) is 0 Å². The first-order valence-corrected chi connectivity index (χ1v) is 4.64. The van der Waals surface area contributed by atoms with Gasteiger partial charge in [0.2, 0.25) is 5.91 Å². The Hall–Kier alpha value is -0.610. The Bertz CT molecular complexity index is 198. The third kappa shape index (κ3) is 2.97. The SMILES string of the molecule is CN1CCC(=O)N1CCC(C)(C)O. The number of hydrogen-bond acceptors (Lipinski definition) is 3. The molecule has 0 aliphatic carbocycles. The molecule has 1 rings (SSSR count). The highest BCUT2D eigenvalue weighted by Gasteiger charge is 2.27. The van der Waals surface area contributed by atoms with Gasteiger partial charge in [-0.3, -0.25) is 9.80 Å². The first-order valence-electron chi connectivity index (χ1n) is 4.64. The third-order valence-electron chi connectivity index (χ3n) is 2.28.